The predicted octanol–water partition coefficient (Wildman–Crippen LogP) is 3.49. The lowest BCUT2D eigenvalue weighted by molar-refractivity contribution is -0.384. The van der Waals surface area contributed by atoms with Crippen LogP contribution in [0.3, 0.4) is 0 Å². The highest BCUT2D eigenvalue weighted by Gasteiger charge is 2.27. The van der Waals surface area contributed by atoms with Gasteiger partial charge in [-0.15, -0.1) is 0 Å². The number of nitro groups is 1. The Hall–Kier alpha value is -3.46. The van der Waals surface area contributed by atoms with Crippen molar-refractivity contribution >= 4 is 40.8 Å². The Morgan fingerprint density at radius 1 is 1.16 bits per heavy atom. The summed E-state index contributed by atoms with van der Waals surface area (Å²) in [7, 11) is 0. The molecule has 2 rings (SSSR count). The summed E-state index contributed by atoms with van der Waals surface area (Å²) in [5, 5.41) is 15.9. The summed E-state index contributed by atoms with van der Waals surface area (Å²) in [6.07, 6.45) is 0. The third-order valence-corrected chi connectivity index (χ3v) is 4.58. The van der Waals surface area contributed by atoms with Crippen molar-refractivity contribution in [2.45, 2.75) is 26.8 Å². The van der Waals surface area contributed by atoms with Crippen molar-refractivity contribution in [3.63, 3.8) is 0 Å². The Bertz CT molecular complexity index is 1010. The quantitative estimate of drug-likeness (QED) is 0.362. The maximum Gasteiger partial charge on any atom is 0.329 e. The summed E-state index contributed by atoms with van der Waals surface area (Å²) >= 11 is 5.73. The first-order chi connectivity index (χ1) is 14.6. The number of aryl methyl sites for hydroxylation is 1. The number of carbonyl (C=O) groups excluding carboxylic acids is 3. The number of halogens is 1. The summed E-state index contributed by atoms with van der Waals surface area (Å²) in [4.78, 5) is 47.2. The van der Waals surface area contributed by atoms with Gasteiger partial charge < -0.3 is 15.4 Å². The van der Waals surface area contributed by atoms with Gasteiger partial charge in [-0.1, -0.05) is 43.1 Å². The minimum atomic E-state index is -0.961. The van der Waals surface area contributed by atoms with E-state index in [2.05, 4.69) is 10.6 Å². The molecule has 31 heavy (non-hydrogen) atoms. The molecule has 0 radical (unpaired) electrons. The number of nitrogens with zero attached hydrogens (tertiary/aromatic N) is 1. The van der Waals surface area contributed by atoms with Crippen LogP contribution < -0.4 is 10.6 Å². The van der Waals surface area contributed by atoms with Crippen LogP contribution in [0.15, 0.2) is 42.5 Å². The van der Waals surface area contributed by atoms with E-state index in [0.717, 1.165) is 11.6 Å². The largest absolute Gasteiger partial charge is 0.454 e. The lowest BCUT2D eigenvalue weighted by atomic mass is 10.0. The van der Waals surface area contributed by atoms with E-state index < -0.39 is 35.4 Å². The normalized spacial score (nSPS) is 11.5. The lowest BCUT2D eigenvalue weighted by Crippen LogP contribution is -2.46. The van der Waals surface area contributed by atoms with Crippen molar-refractivity contribution in [3.8, 4) is 0 Å². The van der Waals surface area contributed by atoms with E-state index in [1.54, 1.807) is 32.0 Å². The first-order valence-corrected chi connectivity index (χ1v) is 9.74. The molecule has 0 saturated carbocycles. The molecule has 10 heteroatoms. The number of hydrogen-bond acceptors (Lipinski definition) is 6. The molecule has 1 atom stereocenters. The first-order valence-electron chi connectivity index (χ1n) is 9.36. The third kappa shape index (κ3) is 6.78. The number of anilines is 1. The van der Waals surface area contributed by atoms with E-state index in [0.29, 0.717) is 5.56 Å². The molecule has 0 spiro atoms. The maximum atomic E-state index is 12.4. The molecule has 2 amide bonds. The average Bonchev–Trinajstić information content (AvgIpc) is 2.71. The molecular weight excluding hydrogens is 426 g/mol. The van der Waals surface area contributed by atoms with Gasteiger partial charge in [0.05, 0.1) is 4.92 Å². The number of nitrogens with one attached hydrogen (secondary N) is 2. The molecule has 0 aliphatic carbocycles. The van der Waals surface area contributed by atoms with Gasteiger partial charge in [0.25, 0.3) is 17.5 Å². The molecule has 0 aliphatic rings. The number of carbonyl (C=O) groups is 3. The second kappa shape index (κ2) is 10.5. The molecule has 9 nitrogen and oxygen atoms in total. The monoisotopic (exact) mass is 447 g/mol. The van der Waals surface area contributed by atoms with E-state index in [-0.39, 0.29) is 22.3 Å². The number of esters is 1. The Morgan fingerprint density at radius 3 is 2.48 bits per heavy atom. The standard InChI is InChI=1S/C21H22ClN3O6/c1-12(2)19(24-20(27)14-6-4-5-13(3)9-14)21(28)31-11-18(26)23-15-7-8-16(22)17(10-15)25(29)30/h4-10,12,19H,11H2,1-3H3,(H,23,26)(H,24,27)/t19-/m0/s1. The molecule has 2 N–H and O–H groups in total. The van der Waals surface area contributed by atoms with Gasteiger partial charge in [-0.25, -0.2) is 4.79 Å². The number of hydrogen-bond donors (Lipinski definition) is 2. The van der Waals surface area contributed by atoms with Gasteiger partial charge in [-0.05, 0) is 37.1 Å². The Kier molecular flexibility index (Phi) is 8.09. The lowest BCUT2D eigenvalue weighted by Gasteiger charge is -2.21. The van der Waals surface area contributed by atoms with Crippen LogP contribution in [0.4, 0.5) is 11.4 Å². The van der Waals surface area contributed by atoms with Gasteiger partial charge in [-0.3, -0.25) is 19.7 Å². The van der Waals surface area contributed by atoms with Gasteiger partial charge in [0.2, 0.25) is 0 Å². The van der Waals surface area contributed by atoms with E-state index in [1.807, 2.05) is 13.0 Å². The fourth-order valence-corrected chi connectivity index (χ4v) is 2.85. The molecule has 164 valence electrons. The summed E-state index contributed by atoms with van der Waals surface area (Å²) in [5.41, 5.74) is 1.07. The highest BCUT2D eigenvalue weighted by atomic mass is 35.5. The van der Waals surface area contributed by atoms with Crippen LogP contribution in [-0.4, -0.2) is 35.4 Å². The van der Waals surface area contributed by atoms with Crippen LogP contribution in [0.25, 0.3) is 0 Å². The number of amides is 2. The van der Waals surface area contributed by atoms with Crippen LogP contribution in [-0.2, 0) is 14.3 Å². The molecule has 0 fully saturated rings. The molecule has 0 aliphatic heterocycles. The Morgan fingerprint density at radius 2 is 1.87 bits per heavy atom. The van der Waals surface area contributed by atoms with E-state index in [9.17, 15) is 24.5 Å². The molecular formula is C21H22ClN3O6. The molecule has 0 heterocycles. The highest BCUT2D eigenvalue weighted by Crippen LogP contribution is 2.27. The Labute approximate surface area is 183 Å². The number of ether oxygens (including phenoxy) is 1. The van der Waals surface area contributed by atoms with Crippen LogP contribution in [0, 0.1) is 23.0 Å². The van der Waals surface area contributed by atoms with Crippen LogP contribution in [0.5, 0.6) is 0 Å². The third-order valence-electron chi connectivity index (χ3n) is 4.26. The minimum absolute atomic E-state index is 0.0708. The van der Waals surface area contributed by atoms with Crippen molar-refractivity contribution in [1.29, 1.82) is 0 Å². The van der Waals surface area contributed by atoms with Crippen LogP contribution in [0.1, 0.15) is 29.8 Å². The van der Waals surface area contributed by atoms with Gasteiger partial charge >= 0.3 is 5.97 Å². The average molecular weight is 448 g/mol. The summed E-state index contributed by atoms with van der Waals surface area (Å²) < 4.78 is 5.04. The highest BCUT2D eigenvalue weighted by molar-refractivity contribution is 6.32. The van der Waals surface area contributed by atoms with Gasteiger partial charge in [0.1, 0.15) is 11.1 Å². The second-order valence-corrected chi connectivity index (χ2v) is 7.55. The van der Waals surface area contributed by atoms with Gasteiger partial charge in [0, 0.05) is 17.3 Å². The van der Waals surface area contributed by atoms with Gasteiger partial charge in [-0.2, -0.15) is 0 Å². The molecule has 2 aromatic rings. The maximum absolute atomic E-state index is 12.4. The van der Waals surface area contributed by atoms with Crippen molar-refractivity contribution in [2.24, 2.45) is 5.92 Å². The first kappa shape index (κ1) is 23.8. The number of benzene rings is 2. The molecule has 0 bridgehead atoms. The van der Waals surface area contributed by atoms with Crippen molar-refractivity contribution in [2.75, 3.05) is 11.9 Å². The van der Waals surface area contributed by atoms with Crippen LogP contribution in [0.2, 0.25) is 5.02 Å². The molecule has 0 unspecified atom stereocenters. The summed E-state index contributed by atoms with van der Waals surface area (Å²) in [6.45, 7) is 4.68. The van der Waals surface area contributed by atoms with E-state index in [1.165, 1.54) is 12.1 Å². The van der Waals surface area contributed by atoms with Gasteiger partial charge in [0.15, 0.2) is 6.61 Å². The van der Waals surface area contributed by atoms with E-state index in [4.69, 9.17) is 16.3 Å². The molecule has 2 aromatic carbocycles. The zero-order valence-electron chi connectivity index (χ0n) is 17.2. The van der Waals surface area contributed by atoms with Crippen molar-refractivity contribution in [1.82, 2.24) is 5.32 Å². The predicted molar refractivity (Wildman–Crippen MR) is 115 cm³/mol. The zero-order chi connectivity index (χ0) is 23.1. The smallest absolute Gasteiger partial charge is 0.329 e. The summed E-state index contributed by atoms with van der Waals surface area (Å²) in [6, 6.07) is 9.70. The zero-order valence-corrected chi connectivity index (χ0v) is 17.9. The number of nitro benzene ring substituents is 1. The number of rotatable bonds is 8. The Balaban J connectivity index is 1.97. The van der Waals surface area contributed by atoms with Crippen molar-refractivity contribution in [3.05, 3.63) is 68.7 Å². The molecule has 0 saturated heterocycles. The van der Waals surface area contributed by atoms with Crippen LogP contribution >= 0.6 is 11.6 Å². The second-order valence-electron chi connectivity index (χ2n) is 7.14. The fraction of sp³-hybridized carbons (Fsp3) is 0.286. The minimum Gasteiger partial charge on any atom is -0.454 e. The SMILES string of the molecule is Cc1cccc(C(=O)N[C@H](C(=O)OCC(=O)Nc2ccc(Cl)c([N+](=O)[O-])c2)C(C)C)c1. The molecule has 0 aromatic heterocycles. The topological polar surface area (TPSA) is 128 Å². The fourth-order valence-electron chi connectivity index (χ4n) is 2.66. The summed E-state index contributed by atoms with van der Waals surface area (Å²) in [5.74, 6) is -2.19. The van der Waals surface area contributed by atoms with E-state index >= 15 is 0 Å². The van der Waals surface area contributed by atoms with Crippen molar-refractivity contribution < 1.29 is 24.0 Å².